The normalized spacial score (nSPS) is 23.6. The number of nitrogens with zero attached hydrogens (tertiary/aromatic N) is 1. The molecule has 106 heavy (non-hydrogen) atoms. The predicted molar refractivity (Wildman–Crippen MR) is 361 cm³/mol. The van der Waals surface area contributed by atoms with E-state index in [2.05, 4.69) is 52.8 Å². The molecule has 0 bridgehead atoms. The third-order valence-corrected chi connectivity index (χ3v) is 16.3. The van der Waals surface area contributed by atoms with Crippen molar-refractivity contribution in [1.82, 2.24) is 53.2 Å². The van der Waals surface area contributed by atoms with Crippen molar-refractivity contribution in [2.24, 2.45) is 57.5 Å². The summed E-state index contributed by atoms with van der Waals surface area (Å²) in [6.45, 7) is 12.0. The molecule has 1 aromatic rings. The molecular formula is C64H101F6N15O21. The second kappa shape index (κ2) is 45.1. The highest BCUT2D eigenvalue weighted by molar-refractivity contribution is 6.00. The van der Waals surface area contributed by atoms with Crippen LogP contribution in [0.3, 0.4) is 0 Å². The van der Waals surface area contributed by atoms with E-state index in [-0.39, 0.29) is 74.3 Å². The molecule has 1 saturated heterocycles. The Labute approximate surface area is 605 Å². The van der Waals surface area contributed by atoms with Crippen LogP contribution in [0.25, 0.3) is 0 Å². The number of esters is 1. The summed E-state index contributed by atoms with van der Waals surface area (Å²) in [4.78, 5) is 193. The van der Waals surface area contributed by atoms with Gasteiger partial charge in [-0.2, -0.15) is 26.3 Å². The van der Waals surface area contributed by atoms with Gasteiger partial charge in [0.25, 0.3) is 0 Å². The fraction of sp³-hybridized carbons (Fsp3) is 0.672. The van der Waals surface area contributed by atoms with Gasteiger partial charge in [-0.05, 0) is 74.2 Å². The molecule has 2 fully saturated rings. The maximum absolute atomic E-state index is 15.5. The molecule has 36 nitrogen and oxygen atoms in total. The lowest BCUT2D eigenvalue weighted by Gasteiger charge is -2.34. The zero-order valence-corrected chi connectivity index (χ0v) is 59.9. The number of halogens is 6. The van der Waals surface area contributed by atoms with E-state index in [1.54, 1.807) is 27.7 Å². The van der Waals surface area contributed by atoms with Crippen LogP contribution >= 0.6 is 0 Å². The highest BCUT2D eigenvalue weighted by atomic mass is 19.4. The SMILES string of the molecule is CC[C@H](C)[C@@H]1NC(=O)[C@@H](CCCN=C(N)N)NC(=O)[C@H](CC(C)C)NC(=O)[C@H]([C@H](O)C(C)C)NC(=O)[C@@H](NC(=O)[C@H](CC2CCCC2)NC(=O)[C@H](N)CC(C)C)[C@@H](c2ccccc2)OC(=O)[C@H](CO)NC(=O)[C@H]([C@H](O)C(N)=O)NC(=O)CNC(=O)[C@H]([C@H](C)O)NC1=O.O=C(O)C(F)(F)F.O=C(O)C(F)(F)F. The van der Waals surface area contributed by atoms with Gasteiger partial charge in [0.1, 0.15) is 48.3 Å². The van der Waals surface area contributed by atoms with E-state index in [4.69, 9.17) is 47.5 Å². The number of alkyl halides is 6. The Morgan fingerprint density at radius 1 is 0.632 bits per heavy atom. The van der Waals surface area contributed by atoms with Crippen LogP contribution in [0.4, 0.5) is 26.3 Å². The number of aliphatic hydroxyl groups is 4. The quantitative estimate of drug-likeness (QED) is 0.0165. The molecule has 1 aliphatic heterocycles. The van der Waals surface area contributed by atoms with Crippen LogP contribution in [0.1, 0.15) is 138 Å². The molecule has 24 N–H and O–H groups in total. The fourth-order valence-corrected chi connectivity index (χ4v) is 10.4. The minimum atomic E-state index is -5.08. The summed E-state index contributed by atoms with van der Waals surface area (Å²) in [7, 11) is 0. The van der Waals surface area contributed by atoms with E-state index in [1.807, 2.05) is 19.2 Å². The number of hydrogen-bond donors (Lipinski definition) is 20. The summed E-state index contributed by atoms with van der Waals surface area (Å²) in [6, 6.07) is -10.5. The van der Waals surface area contributed by atoms with Gasteiger partial charge in [-0.3, -0.25) is 57.7 Å². The second-order valence-electron chi connectivity index (χ2n) is 26.4. The molecule has 0 aromatic heterocycles. The molecule has 1 aromatic carbocycles. The summed E-state index contributed by atoms with van der Waals surface area (Å²) >= 11 is 0. The smallest absolute Gasteiger partial charge is 0.475 e. The van der Waals surface area contributed by atoms with Crippen LogP contribution in [0.15, 0.2) is 35.3 Å². The Bertz CT molecular complexity index is 3140. The van der Waals surface area contributed by atoms with Gasteiger partial charge in [-0.1, -0.05) is 118 Å². The molecule has 42 heteroatoms. The lowest BCUT2D eigenvalue weighted by Crippen LogP contribution is -2.64. The van der Waals surface area contributed by atoms with Gasteiger partial charge in [0.05, 0.1) is 31.4 Å². The molecule has 1 heterocycles. The molecule has 0 radical (unpaired) electrons. The van der Waals surface area contributed by atoms with E-state index in [1.165, 1.54) is 44.2 Å². The molecule has 1 saturated carbocycles. The molecular weight excluding hydrogens is 1430 g/mol. The van der Waals surface area contributed by atoms with E-state index in [9.17, 15) is 94.7 Å². The van der Waals surface area contributed by atoms with Crippen molar-refractivity contribution >= 4 is 88.8 Å². The van der Waals surface area contributed by atoms with E-state index < -0.39 is 205 Å². The van der Waals surface area contributed by atoms with Crippen LogP contribution in [-0.2, 0) is 71.9 Å². The number of benzene rings is 1. The average molecular weight is 1530 g/mol. The number of ether oxygens (including phenoxy) is 1. The number of carboxylic acids is 2. The molecule has 0 unspecified atom stereocenters. The lowest BCUT2D eigenvalue weighted by atomic mass is 9.94. The van der Waals surface area contributed by atoms with Crippen molar-refractivity contribution in [2.75, 3.05) is 19.7 Å². The lowest BCUT2D eigenvalue weighted by molar-refractivity contribution is -0.193. The predicted octanol–water partition coefficient (Wildman–Crippen LogP) is -3.63. The molecule has 0 spiro atoms. The van der Waals surface area contributed by atoms with E-state index in [0.29, 0.717) is 12.8 Å². The van der Waals surface area contributed by atoms with E-state index >= 15 is 9.59 Å². The Hall–Kier alpha value is -9.55. The molecule has 3 rings (SSSR count). The number of cyclic esters (lactones) is 1. The van der Waals surface area contributed by atoms with Crippen molar-refractivity contribution in [3.8, 4) is 0 Å². The first-order valence-electron chi connectivity index (χ1n) is 33.7. The number of aliphatic hydroxyl groups excluding tert-OH is 4. The van der Waals surface area contributed by atoms with Gasteiger partial charge in [-0.25, -0.2) is 14.4 Å². The zero-order valence-electron chi connectivity index (χ0n) is 59.9. The van der Waals surface area contributed by atoms with Gasteiger partial charge in [0.15, 0.2) is 24.2 Å². The first-order chi connectivity index (χ1) is 49.1. The summed E-state index contributed by atoms with van der Waals surface area (Å²) in [5.41, 5.74) is 22.7. The number of hydrogen-bond acceptors (Lipinski definition) is 21. The maximum atomic E-state index is 15.5. The third-order valence-electron chi connectivity index (χ3n) is 16.3. The van der Waals surface area contributed by atoms with Gasteiger partial charge in [0.2, 0.25) is 65.0 Å². The standard InChI is InChI=1S/C60H99N15O17.2C2HF3O2/c1-10-31(8)41-55(87)73-42(32(9)77)54(86)66-26-40(78)71-44(47(80)49(62)81)57(89)70-39(27-76)59(91)92-48(34-19-12-11-13-20-34)45(75-53(85)38(25-33-17-14-15-18-33)68-50(82)35(61)23-28(2)3)58(90)74-43(46(79)30(6)7)56(88)69-37(24-29(4)5)52(84)67-36(51(83)72-41)21-16-22-65-60(63)64;2*3-2(4,5)1(6)7/h11-13,19-20,28-33,35-39,41-48,76-77,79-80H,10,14-18,21-27,61H2,1-9H3,(H2,62,81)(H,66,86)(H,67,84)(H,68,82)(H,69,88)(H,70,89)(H,71,78)(H,72,83)(H,73,87)(H,74,90)(H,75,85)(H4,63,64,65);2*(H,6,7)/t31-,32-,35+,36+,37-,38-,39-,41-,42-,43-,44-,45-,46+,47-,48+;;/m0../s1. The maximum Gasteiger partial charge on any atom is 0.490 e. The van der Waals surface area contributed by atoms with E-state index in [0.717, 1.165) is 19.8 Å². The number of nitrogens with two attached hydrogens (primary N) is 4. The third kappa shape index (κ3) is 33.3. The van der Waals surface area contributed by atoms with Crippen LogP contribution in [-0.4, -0.2) is 230 Å². The van der Waals surface area contributed by atoms with Crippen molar-refractivity contribution in [3.05, 3.63) is 35.9 Å². The Morgan fingerprint density at radius 2 is 1.13 bits per heavy atom. The zero-order chi connectivity index (χ0) is 81.4. The molecule has 15 atom stereocenters. The highest BCUT2D eigenvalue weighted by Crippen LogP contribution is 2.30. The summed E-state index contributed by atoms with van der Waals surface area (Å²) < 4.78 is 69.4. The number of carboxylic acid groups (broad SMARTS) is 2. The summed E-state index contributed by atoms with van der Waals surface area (Å²) in [6.07, 6.45) is -15.1. The number of aliphatic carboxylic acids is 2. The van der Waals surface area contributed by atoms with Crippen molar-refractivity contribution in [1.29, 1.82) is 0 Å². The topological polar surface area (TPSA) is 606 Å². The van der Waals surface area contributed by atoms with Gasteiger partial charge in [-0.15, -0.1) is 0 Å². The van der Waals surface area contributed by atoms with Gasteiger partial charge < -0.3 is 111 Å². The number of aliphatic imine (C=N–C) groups is 1. The van der Waals surface area contributed by atoms with Crippen LogP contribution < -0.4 is 76.1 Å². The van der Waals surface area contributed by atoms with Crippen LogP contribution in [0.2, 0.25) is 0 Å². The minimum Gasteiger partial charge on any atom is -0.475 e. The van der Waals surface area contributed by atoms with Gasteiger partial charge >= 0.3 is 30.3 Å². The Balaban J connectivity index is 0.00000362. The Morgan fingerprint density at radius 3 is 1.61 bits per heavy atom. The van der Waals surface area contributed by atoms with Crippen LogP contribution in [0.5, 0.6) is 0 Å². The fourth-order valence-electron chi connectivity index (χ4n) is 10.4. The number of rotatable bonds is 23. The number of guanidine groups is 1. The Kier molecular flexibility index (Phi) is 40.2. The van der Waals surface area contributed by atoms with Crippen molar-refractivity contribution in [3.63, 3.8) is 0 Å². The van der Waals surface area contributed by atoms with Crippen molar-refractivity contribution in [2.45, 2.75) is 224 Å². The number of carbonyl (C=O) groups is 14. The number of nitrogens with one attached hydrogen (secondary N) is 10. The summed E-state index contributed by atoms with van der Waals surface area (Å²) in [5, 5.41) is 82.7. The van der Waals surface area contributed by atoms with Gasteiger partial charge in [0, 0.05) is 6.54 Å². The van der Waals surface area contributed by atoms with Crippen LogP contribution in [0, 0.1) is 29.6 Å². The van der Waals surface area contributed by atoms with Crippen molar-refractivity contribution < 1.29 is 129 Å². The average Bonchev–Trinajstić information content (AvgIpc) is 0.869. The highest BCUT2D eigenvalue weighted by Gasteiger charge is 2.45. The molecule has 1 aliphatic carbocycles. The minimum absolute atomic E-state index is 0.0429. The number of amides is 11. The molecule has 2 aliphatic rings. The largest absolute Gasteiger partial charge is 0.490 e. The molecule has 600 valence electrons. The molecule has 11 amide bonds. The monoisotopic (exact) mass is 1530 g/mol. The summed E-state index contributed by atoms with van der Waals surface area (Å²) in [5.74, 6) is -22.3. The second-order valence-corrected chi connectivity index (χ2v) is 26.4. The number of primary amides is 1. The number of carbonyl (C=O) groups excluding carboxylic acids is 12. The first kappa shape index (κ1) is 94.5. The first-order valence-corrected chi connectivity index (χ1v) is 33.7.